The summed E-state index contributed by atoms with van der Waals surface area (Å²) in [5.41, 5.74) is 3.27. The second-order valence-electron chi connectivity index (χ2n) is 7.29. The van der Waals surface area contributed by atoms with E-state index in [9.17, 15) is 18.0 Å². The first-order valence-corrected chi connectivity index (χ1v) is 11.3. The van der Waals surface area contributed by atoms with Gasteiger partial charge in [-0.25, -0.2) is 8.42 Å². The summed E-state index contributed by atoms with van der Waals surface area (Å²) in [5.74, 6) is -1.32. The summed E-state index contributed by atoms with van der Waals surface area (Å²) in [7, 11) is -3.58. The third-order valence-corrected chi connectivity index (χ3v) is 6.79. The number of carbonyl (C=O) groups excluding carboxylic acids is 2. The van der Waals surface area contributed by atoms with Gasteiger partial charge in [0.2, 0.25) is 0 Å². The molecule has 0 aliphatic carbocycles. The number of hydrogen-bond donors (Lipinski definition) is 0. The fourth-order valence-electron chi connectivity index (χ4n) is 3.33. The van der Waals surface area contributed by atoms with E-state index in [0.717, 1.165) is 17.5 Å². The Kier molecular flexibility index (Phi) is 6.37. The molecule has 0 N–H and O–H groups in total. The summed E-state index contributed by atoms with van der Waals surface area (Å²) in [6.07, 6.45) is -0.483. The van der Waals surface area contributed by atoms with Gasteiger partial charge in [-0.2, -0.15) is 0 Å². The predicted molar refractivity (Wildman–Crippen MR) is 109 cm³/mol. The van der Waals surface area contributed by atoms with Crippen LogP contribution in [0.5, 0.6) is 0 Å². The summed E-state index contributed by atoms with van der Waals surface area (Å²) in [6.45, 7) is 4.44. The van der Waals surface area contributed by atoms with Crippen molar-refractivity contribution >= 4 is 21.7 Å². The maximum absolute atomic E-state index is 12.6. The highest BCUT2D eigenvalue weighted by Gasteiger charge is 2.27. The molecule has 29 heavy (non-hydrogen) atoms. The largest absolute Gasteiger partial charge is 0.453 e. The van der Waals surface area contributed by atoms with Gasteiger partial charge in [0, 0.05) is 13.1 Å². The Morgan fingerprint density at radius 2 is 1.72 bits per heavy atom. The monoisotopic (exact) mass is 415 g/mol. The lowest BCUT2D eigenvalue weighted by Crippen LogP contribution is -2.42. The second kappa shape index (κ2) is 8.78. The summed E-state index contributed by atoms with van der Waals surface area (Å²) in [5, 5.41) is 0. The van der Waals surface area contributed by atoms with Crippen LogP contribution in [0.25, 0.3) is 0 Å². The van der Waals surface area contributed by atoms with Crippen molar-refractivity contribution in [3.8, 4) is 0 Å². The smallest absolute Gasteiger partial charge is 0.307 e. The van der Waals surface area contributed by atoms with Crippen molar-refractivity contribution in [2.75, 3.05) is 12.3 Å². The number of fused-ring (bicyclic) bond motifs is 1. The molecular weight excluding hydrogens is 390 g/mol. The van der Waals surface area contributed by atoms with Gasteiger partial charge in [0.15, 0.2) is 15.9 Å². The average Bonchev–Trinajstić information content (AvgIpc) is 2.71. The standard InChI is InChI=1S/C22H25NO5S/c1-16-7-9-20(10-8-16)29(26,27)14-12-21(24)28-17(2)22(25)23-13-11-18-5-3-4-6-19(18)15-23/h3-10,17H,11-15H2,1-2H3. The van der Waals surface area contributed by atoms with Gasteiger partial charge >= 0.3 is 5.97 Å². The zero-order valence-corrected chi connectivity index (χ0v) is 17.4. The van der Waals surface area contributed by atoms with Crippen LogP contribution >= 0.6 is 0 Å². The molecule has 2 aromatic rings. The molecule has 3 rings (SSSR count). The molecule has 0 spiro atoms. The highest BCUT2D eigenvalue weighted by molar-refractivity contribution is 7.91. The maximum Gasteiger partial charge on any atom is 0.307 e. The minimum absolute atomic E-state index is 0.173. The van der Waals surface area contributed by atoms with E-state index in [4.69, 9.17) is 4.74 Å². The van der Waals surface area contributed by atoms with Gasteiger partial charge in [-0.1, -0.05) is 42.0 Å². The Balaban J connectivity index is 1.52. The SMILES string of the molecule is Cc1ccc(S(=O)(=O)CCC(=O)OC(C)C(=O)N2CCc3ccccc3C2)cc1. The number of hydrogen-bond acceptors (Lipinski definition) is 5. The minimum atomic E-state index is -3.58. The molecule has 2 aromatic carbocycles. The number of nitrogens with zero attached hydrogens (tertiary/aromatic N) is 1. The van der Waals surface area contributed by atoms with E-state index in [0.29, 0.717) is 13.1 Å². The van der Waals surface area contributed by atoms with Crippen molar-refractivity contribution in [2.45, 2.75) is 44.2 Å². The number of carbonyl (C=O) groups is 2. The number of esters is 1. The van der Waals surface area contributed by atoms with E-state index in [2.05, 4.69) is 6.07 Å². The predicted octanol–water partition coefficient (Wildman–Crippen LogP) is 2.68. The number of rotatable bonds is 6. The fraction of sp³-hybridized carbons (Fsp3) is 0.364. The quantitative estimate of drug-likeness (QED) is 0.678. The molecular formula is C22H25NO5S. The Morgan fingerprint density at radius 1 is 1.07 bits per heavy atom. The van der Waals surface area contributed by atoms with E-state index < -0.39 is 21.9 Å². The molecule has 1 heterocycles. The first-order chi connectivity index (χ1) is 13.8. The van der Waals surface area contributed by atoms with Gasteiger partial charge in [0.25, 0.3) is 5.91 Å². The molecule has 0 saturated heterocycles. The Hall–Kier alpha value is -2.67. The molecule has 0 bridgehead atoms. The normalized spacial score (nSPS) is 14.8. The lowest BCUT2D eigenvalue weighted by Gasteiger charge is -2.30. The number of benzene rings is 2. The summed E-state index contributed by atoms with van der Waals surface area (Å²) in [4.78, 5) is 26.6. The van der Waals surface area contributed by atoms with E-state index in [-0.39, 0.29) is 23.0 Å². The van der Waals surface area contributed by atoms with Crippen LogP contribution in [-0.4, -0.2) is 43.6 Å². The third kappa shape index (κ3) is 5.23. The van der Waals surface area contributed by atoms with Crippen molar-refractivity contribution in [1.82, 2.24) is 4.90 Å². The number of amides is 1. The van der Waals surface area contributed by atoms with Crippen molar-refractivity contribution in [3.05, 3.63) is 65.2 Å². The van der Waals surface area contributed by atoms with Crippen LogP contribution in [-0.2, 0) is 37.1 Å². The number of sulfone groups is 1. The average molecular weight is 416 g/mol. The van der Waals surface area contributed by atoms with Crippen LogP contribution in [0.15, 0.2) is 53.4 Å². The van der Waals surface area contributed by atoms with Gasteiger partial charge in [-0.3, -0.25) is 9.59 Å². The van der Waals surface area contributed by atoms with Crippen LogP contribution in [0.3, 0.4) is 0 Å². The van der Waals surface area contributed by atoms with E-state index >= 15 is 0 Å². The Morgan fingerprint density at radius 3 is 2.41 bits per heavy atom. The maximum atomic E-state index is 12.6. The zero-order valence-electron chi connectivity index (χ0n) is 16.6. The molecule has 6 nitrogen and oxygen atoms in total. The van der Waals surface area contributed by atoms with Gasteiger partial charge in [0.05, 0.1) is 17.1 Å². The highest BCUT2D eigenvalue weighted by atomic mass is 32.2. The van der Waals surface area contributed by atoms with Crippen LogP contribution in [0.4, 0.5) is 0 Å². The summed E-state index contributed by atoms with van der Waals surface area (Å²) < 4.78 is 29.9. The van der Waals surface area contributed by atoms with Crippen molar-refractivity contribution in [1.29, 1.82) is 0 Å². The van der Waals surface area contributed by atoms with Crippen LogP contribution in [0, 0.1) is 6.92 Å². The van der Waals surface area contributed by atoms with Crippen LogP contribution < -0.4 is 0 Å². The molecule has 1 unspecified atom stereocenters. The van der Waals surface area contributed by atoms with E-state index in [1.807, 2.05) is 25.1 Å². The first-order valence-electron chi connectivity index (χ1n) is 9.61. The van der Waals surface area contributed by atoms with Crippen molar-refractivity contribution < 1.29 is 22.7 Å². The van der Waals surface area contributed by atoms with Crippen molar-refractivity contribution in [3.63, 3.8) is 0 Å². The van der Waals surface area contributed by atoms with Crippen molar-refractivity contribution in [2.24, 2.45) is 0 Å². The zero-order chi connectivity index (χ0) is 21.0. The fourth-order valence-corrected chi connectivity index (χ4v) is 4.55. The van der Waals surface area contributed by atoms with Gasteiger partial charge in [-0.05, 0) is 43.5 Å². The molecule has 0 radical (unpaired) electrons. The van der Waals surface area contributed by atoms with E-state index in [1.165, 1.54) is 24.6 Å². The van der Waals surface area contributed by atoms with Gasteiger partial charge in [0.1, 0.15) is 0 Å². The third-order valence-electron chi connectivity index (χ3n) is 5.05. The van der Waals surface area contributed by atoms with Gasteiger partial charge in [-0.15, -0.1) is 0 Å². The molecule has 0 fully saturated rings. The Labute approximate surface area is 171 Å². The van der Waals surface area contributed by atoms with Crippen LogP contribution in [0.2, 0.25) is 0 Å². The molecule has 1 amide bonds. The highest BCUT2D eigenvalue weighted by Crippen LogP contribution is 2.20. The molecule has 1 atom stereocenters. The first kappa shape index (κ1) is 21.0. The Bertz CT molecular complexity index is 998. The van der Waals surface area contributed by atoms with Gasteiger partial charge < -0.3 is 9.64 Å². The molecule has 7 heteroatoms. The van der Waals surface area contributed by atoms with Crippen LogP contribution in [0.1, 0.15) is 30.0 Å². The molecule has 1 aliphatic heterocycles. The van der Waals surface area contributed by atoms with E-state index in [1.54, 1.807) is 17.0 Å². The molecule has 154 valence electrons. The molecule has 0 aromatic heterocycles. The minimum Gasteiger partial charge on any atom is -0.453 e. The number of aryl methyl sites for hydroxylation is 1. The summed E-state index contributed by atoms with van der Waals surface area (Å²) in [6, 6.07) is 14.4. The second-order valence-corrected chi connectivity index (χ2v) is 9.40. The lowest BCUT2D eigenvalue weighted by atomic mass is 9.99. The summed E-state index contributed by atoms with van der Waals surface area (Å²) >= 11 is 0. The number of ether oxygens (including phenoxy) is 1. The molecule has 1 aliphatic rings. The molecule has 0 saturated carbocycles. The topological polar surface area (TPSA) is 80.7 Å². The lowest BCUT2D eigenvalue weighted by molar-refractivity contribution is -0.159.